The highest BCUT2D eigenvalue weighted by molar-refractivity contribution is 5.91. The van der Waals surface area contributed by atoms with Crippen LogP contribution in [-0.2, 0) is 16.0 Å². The Labute approximate surface area is 185 Å². The van der Waals surface area contributed by atoms with Crippen LogP contribution in [0, 0.1) is 30.1 Å². The lowest BCUT2D eigenvalue weighted by atomic mass is 9.49. The van der Waals surface area contributed by atoms with E-state index in [4.69, 9.17) is 4.74 Å². The Morgan fingerprint density at radius 3 is 2.45 bits per heavy atom. The van der Waals surface area contributed by atoms with Gasteiger partial charge < -0.3 is 15.0 Å². The van der Waals surface area contributed by atoms with Crippen molar-refractivity contribution in [1.29, 1.82) is 0 Å². The summed E-state index contributed by atoms with van der Waals surface area (Å²) in [5.74, 6) is 3.41. The summed E-state index contributed by atoms with van der Waals surface area (Å²) in [5, 5.41) is 3.11. The van der Waals surface area contributed by atoms with Crippen LogP contribution in [0.4, 0.5) is 0 Å². The predicted octanol–water partition coefficient (Wildman–Crippen LogP) is 3.87. The van der Waals surface area contributed by atoms with Gasteiger partial charge in [-0.15, -0.1) is 0 Å². The zero-order chi connectivity index (χ0) is 21.6. The van der Waals surface area contributed by atoms with Crippen LogP contribution in [-0.4, -0.2) is 43.0 Å². The average molecular weight is 425 g/mol. The molecule has 5 nitrogen and oxygen atoms in total. The third-order valence-electron chi connectivity index (χ3n) is 8.44. The normalized spacial score (nSPS) is 33.5. The van der Waals surface area contributed by atoms with Crippen molar-refractivity contribution in [2.75, 3.05) is 20.2 Å². The highest BCUT2D eigenvalue weighted by Crippen LogP contribution is 2.60. The molecule has 4 aliphatic carbocycles. The Bertz CT molecular complexity index is 829. The van der Waals surface area contributed by atoms with Crippen LogP contribution < -0.4 is 10.1 Å². The van der Waals surface area contributed by atoms with E-state index in [1.54, 1.807) is 7.11 Å². The number of ether oxygens (including phenoxy) is 1. The Morgan fingerprint density at radius 1 is 1.13 bits per heavy atom. The van der Waals surface area contributed by atoms with E-state index in [1.807, 2.05) is 17.0 Å². The van der Waals surface area contributed by atoms with E-state index in [2.05, 4.69) is 18.3 Å². The zero-order valence-corrected chi connectivity index (χ0v) is 19.0. The summed E-state index contributed by atoms with van der Waals surface area (Å²) in [5.41, 5.74) is 2.13. The van der Waals surface area contributed by atoms with Crippen LogP contribution in [0.3, 0.4) is 0 Å². The molecule has 6 rings (SSSR count). The van der Waals surface area contributed by atoms with Gasteiger partial charge in [0.25, 0.3) is 0 Å². The monoisotopic (exact) mass is 424 g/mol. The van der Waals surface area contributed by atoms with Crippen LogP contribution in [0.15, 0.2) is 18.2 Å². The second-order valence-corrected chi connectivity index (χ2v) is 10.7. The number of hydrogen-bond donors (Lipinski definition) is 1. The summed E-state index contributed by atoms with van der Waals surface area (Å²) < 4.78 is 5.46. The highest BCUT2D eigenvalue weighted by atomic mass is 16.5. The van der Waals surface area contributed by atoms with Crippen LogP contribution >= 0.6 is 0 Å². The summed E-state index contributed by atoms with van der Waals surface area (Å²) in [6.07, 6.45) is 9.64. The van der Waals surface area contributed by atoms with E-state index in [0.29, 0.717) is 12.5 Å². The molecule has 4 bridgehead atoms. The number of aryl methyl sites for hydroxylation is 1. The maximum atomic E-state index is 13.8. The molecule has 1 unspecified atom stereocenters. The van der Waals surface area contributed by atoms with Gasteiger partial charge in [-0.1, -0.05) is 17.7 Å². The molecule has 1 aromatic carbocycles. The molecule has 5 fully saturated rings. The van der Waals surface area contributed by atoms with Crippen LogP contribution in [0.25, 0.3) is 0 Å². The maximum absolute atomic E-state index is 13.8. The Balaban J connectivity index is 1.22. The number of rotatable bonds is 6. The molecular formula is C26H36N2O3. The van der Waals surface area contributed by atoms with E-state index in [0.717, 1.165) is 74.1 Å². The van der Waals surface area contributed by atoms with Crippen molar-refractivity contribution in [3.8, 4) is 5.75 Å². The van der Waals surface area contributed by atoms with Gasteiger partial charge in [0.05, 0.1) is 12.5 Å². The number of methoxy groups -OCH3 is 1. The molecule has 0 spiro atoms. The fourth-order valence-corrected chi connectivity index (χ4v) is 7.50. The van der Waals surface area contributed by atoms with Crippen LogP contribution in [0.2, 0.25) is 0 Å². The number of nitrogens with one attached hydrogen (secondary N) is 1. The van der Waals surface area contributed by atoms with Gasteiger partial charge in [-0.3, -0.25) is 9.59 Å². The van der Waals surface area contributed by atoms with Crippen molar-refractivity contribution >= 4 is 11.8 Å². The highest BCUT2D eigenvalue weighted by Gasteiger charge is 2.56. The fourth-order valence-electron chi connectivity index (χ4n) is 7.50. The van der Waals surface area contributed by atoms with Gasteiger partial charge in [0, 0.05) is 13.1 Å². The first-order valence-electron chi connectivity index (χ1n) is 12.2. The molecule has 31 heavy (non-hydrogen) atoms. The fraction of sp³-hybridized carbons (Fsp3) is 0.692. The quantitative estimate of drug-likeness (QED) is 0.754. The molecule has 168 valence electrons. The molecule has 1 aliphatic heterocycles. The summed E-state index contributed by atoms with van der Waals surface area (Å²) in [6, 6.07) is 5.84. The van der Waals surface area contributed by atoms with E-state index in [1.165, 1.54) is 24.8 Å². The molecule has 5 heteroatoms. The van der Waals surface area contributed by atoms with Gasteiger partial charge in [-0.05, 0) is 94.1 Å². The lowest BCUT2D eigenvalue weighted by Crippen LogP contribution is -2.57. The summed E-state index contributed by atoms with van der Waals surface area (Å²) in [6.45, 7) is 3.37. The van der Waals surface area contributed by atoms with Crippen LogP contribution in [0.5, 0.6) is 5.75 Å². The van der Waals surface area contributed by atoms with Crippen molar-refractivity contribution in [1.82, 2.24) is 10.2 Å². The van der Waals surface area contributed by atoms with Crippen molar-refractivity contribution in [3.05, 3.63) is 29.3 Å². The van der Waals surface area contributed by atoms with Crippen molar-refractivity contribution in [2.45, 2.75) is 70.8 Å². The van der Waals surface area contributed by atoms with Gasteiger partial charge in [-0.2, -0.15) is 0 Å². The third kappa shape index (κ3) is 3.85. The molecule has 1 atom stereocenters. The van der Waals surface area contributed by atoms with E-state index in [9.17, 15) is 9.59 Å². The second-order valence-electron chi connectivity index (χ2n) is 10.7. The van der Waals surface area contributed by atoms with Crippen molar-refractivity contribution in [2.24, 2.45) is 23.2 Å². The number of nitrogens with zero attached hydrogens (tertiary/aromatic N) is 1. The van der Waals surface area contributed by atoms with E-state index < -0.39 is 0 Å². The molecular weight excluding hydrogens is 388 g/mol. The molecule has 5 aliphatic rings. The van der Waals surface area contributed by atoms with Crippen molar-refractivity contribution < 1.29 is 14.3 Å². The van der Waals surface area contributed by atoms with Crippen LogP contribution in [0.1, 0.15) is 62.5 Å². The molecule has 2 amide bonds. The number of likely N-dealkylation sites (tertiary alicyclic amines) is 1. The largest absolute Gasteiger partial charge is 0.496 e. The van der Waals surface area contributed by atoms with Gasteiger partial charge in [0.2, 0.25) is 11.8 Å². The lowest BCUT2D eigenvalue weighted by molar-refractivity contribution is -0.160. The zero-order valence-electron chi connectivity index (χ0n) is 19.0. The second kappa shape index (κ2) is 8.14. The number of hydrogen-bond acceptors (Lipinski definition) is 3. The molecule has 4 saturated carbocycles. The number of carbonyl (C=O) groups is 2. The van der Waals surface area contributed by atoms with Crippen molar-refractivity contribution in [3.63, 3.8) is 0 Å². The minimum Gasteiger partial charge on any atom is -0.496 e. The number of carbonyl (C=O) groups excluding carboxylic acids is 2. The molecule has 0 aromatic heterocycles. The first-order chi connectivity index (χ1) is 15.0. The Hall–Kier alpha value is -2.04. The van der Waals surface area contributed by atoms with Gasteiger partial charge in [-0.25, -0.2) is 0 Å². The predicted molar refractivity (Wildman–Crippen MR) is 120 cm³/mol. The molecule has 0 radical (unpaired) electrons. The molecule has 1 heterocycles. The smallest absolute Gasteiger partial charge is 0.242 e. The first kappa shape index (κ1) is 20.8. The number of benzene rings is 1. The topological polar surface area (TPSA) is 58.6 Å². The Morgan fingerprint density at radius 2 is 1.81 bits per heavy atom. The van der Waals surface area contributed by atoms with E-state index >= 15 is 0 Å². The number of amides is 2. The SMILES string of the molecule is COc1ccc(C)cc1CCNC(=O)C1CCCN1C(=O)C12CC3CC(CC(C3)C1)C2. The maximum Gasteiger partial charge on any atom is 0.242 e. The minimum atomic E-state index is -0.292. The summed E-state index contributed by atoms with van der Waals surface area (Å²) in [4.78, 5) is 28.8. The van der Waals surface area contributed by atoms with Gasteiger partial charge in [0.1, 0.15) is 11.8 Å². The molecule has 1 N–H and O–H groups in total. The Kier molecular flexibility index (Phi) is 5.47. The third-order valence-corrected chi connectivity index (χ3v) is 8.44. The standard InChI is InChI=1S/C26H36N2O3/c1-17-5-6-23(31-2)21(10-17)7-8-27-24(29)22-4-3-9-28(22)25(30)26-14-18-11-19(15-26)13-20(12-18)16-26/h5-6,10,18-20,22H,3-4,7-9,11-16H2,1-2H3,(H,27,29). The average Bonchev–Trinajstić information content (AvgIpc) is 3.22. The first-order valence-corrected chi connectivity index (χ1v) is 12.2. The summed E-state index contributed by atoms with van der Waals surface area (Å²) >= 11 is 0. The van der Waals surface area contributed by atoms with Gasteiger partial charge >= 0.3 is 0 Å². The lowest BCUT2D eigenvalue weighted by Gasteiger charge is -2.56. The van der Waals surface area contributed by atoms with E-state index in [-0.39, 0.29) is 17.4 Å². The summed E-state index contributed by atoms with van der Waals surface area (Å²) in [7, 11) is 1.68. The molecule has 1 saturated heterocycles. The molecule has 1 aromatic rings. The van der Waals surface area contributed by atoms with Gasteiger partial charge in [0.15, 0.2) is 0 Å². The minimum absolute atomic E-state index is 0.0159.